The maximum absolute atomic E-state index is 11.3. The van der Waals surface area contributed by atoms with E-state index < -0.39 is 5.97 Å². The molecule has 1 N–H and O–H groups in total. The van der Waals surface area contributed by atoms with Gasteiger partial charge in [0.25, 0.3) is 0 Å². The first-order valence-corrected chi connectivity index (χ1v) is 7.12. The third-order valence-electron chi connectivity index (χ3n) is 2.76. The molecule has 0 saturated carbocycles. The predicted molar refractivity (Wildman–Crippen MR) is 79.9 cm³/mol. The van der Waals surface area contributed by atoms with Gasteiger partial charge in [-0.3, -0.25) is 0 Å². The molecule has 3 rings (SSSR count). The molecule has 0 bridgehead atoms. The van der Waals surface area contributed by atoms with E-state index in [1.54, 1.807) is 0 Å². The summed E-state index contributed by atoms with van der Waals surface area (Å²) in [6.45, 7) is 0. The molecular formula is C14H8ClN3O2S. The molecule has 3 aromatic rings. The standard InChI is InChI=1S/C14H8ClN3O2S/c15-11-6-5-9(14(19)20)13(18-11)21-12-8-3-1-2-4-10(8)16-7-17-12/h1-7H,(H,19,20). The Kier molecular flexibility index (Phi) is 3.72. The third kappa shape index (κ3) is 2.81. The largest absolute Gasteiger partial charge is 0.478 e. The SMILES string of the molecule is O=C(O)c1ccc(Cl)nc1Sc1ncnc2ccccc12. The quantitative estimate of drug-likeness (QED) is 0.588. The van der Waals surface area contributed by atoms with Gasteiger partial charge < -0.3 is 5.11 Å². The zero-order valence-corrected chi connectivity index (χ0v) is 12.1. The fourth-order valence-corrected chi connectivity index (χ4v) is 2.98. The van der Waals surface area contributed by atoms with Crippen LogP contribution in [0.15, 0.2) is 52.8 Å². The third-order valence-corrected chi connectivity index (χ3v) is 3.99. The Morgan fingerprint density at radius 2 is 1.90 bits per heavy atom. The number of para-hydroxylation sites is 1. The second kappa shape index (κ2) is 5.67. The van der Waals surface area contributed by atoms with Crippen LogP contribution in [-0.2, 0) is 0 Å². The lowest BCUT2D eigenvalue weighted by Gasteiger charge is -2.06. The maximum atomic E-state index is 11.3. The number of carboxylic acids is 1. The predicted octanol–water partition coefficient (Wildman–Crippen LogP) is 3.53. The highest BCUT2D eigenvalue weighted by Crippen LogP contribution is 2.32. The van der Waals surface area contributed by atoms with Crippen LogP contribution >= 0.6 is 23.4 Å². The summed E-state index contributed by atoms with van der Waals surface area (Å²) >= 11 is 7.01. The van der Waals surface area contributed by atoms with E-state index in [-0.39, 0.29) is 10.7 Å². The smallest absolute Gasteiger partial charge is 0.338 e. The number of rotatable bonds is 3. The van der Waals surface area contributed by atoms with Gasteiger partial charge in [0.1, 0.15) is 21.5 Å². The highest BCUT2D eigenvalue weighted by atomic mass is 35.5. The van der Waals surface area contributed by atoms with Crippen molar-refractivity contribution in [3.05, 3.63) is 53.4 Å². The molecule has 0 atom stereocenters. The Morgan fingerprint density at radius 3 is 2.71 bits per heavy atom. The van der Waals surface area contributed by atoms with Gasteiger partial charge in [-0.15, -0.1) is 0 Å². The number of aromatic carboxylic acids is 1. The Bertz CT molecular complexity index is 836. The molecule has 5 nitrogen and oxygen atoms in total. The Labute approximate surface area is 129 Å². The molecule has 2 aromatic heterocycles. The number of carbonyl (C=O) groups is 1. The Morgan fingerprint density at radius 1 is 1.10 bits per heavy atom. The Balaban J connectivity index is 2.11. The van der Waals surface area contributed by atoms with Crippen molar-refractivity contribution in [2.24, 2.45) is 0 Å². The minimum absolute atomic E-state index is 0.0899. The van der Waals surface area contributed by atoms with E-state index in [0.717, 1.165) is 22.7 Å². The lowest BCUT2D eigenvalue weighted by Crippen LogP contribution is -2.01. The number of hydrogen-bond acceptors (Lipinski definition) is 5. The molecule has 0 aliphatic rings. The first-order chi connectivity index (χ1) is 10.1. The van der Waals surface area contributed by atoms with Crippen LogP contribution in [0.25, 0.3) is 10.9 Å². The number of aromatic nitrogens is 3. The van der Waals surface area contributed by atoms with E-state index in [0.29, 0.717) is 10.1 Å². The summed E-state index contributed by atoms with van der Waals surface area (Å²) < 4.78 is 0. The van der Waals surface area contributed by atoms with Gasteiger partial charge in [0, 0.05) is 5.39 Å². The van der Waals surface area contributed by atoms with Crippen LogP contribution in [0.2, 0.25) is 5.15 Å². The number of benzene rings is 1. The van der Waals surface area contributed by atoms with Crippen LogP contribution in [-0.4, -0.2) is 26.0 Å². The maximum Gasteiger partial charge on any atom is 0.338 e. The second-order valence-electron chi connectivity index (χ2n) is 4.09. The molecule has 0 aliphatic carbocycles. The summed E-state index contributed by atoms with van der Waals surface area (Å²) in [5.74, 6) is -1.06. The highest BCUT2D eigenvalue weighted by Gasteiger charge is 2.15. The number of fused-ring (bicyclic) bond motifs is 1. The molecule has 0 spiro atoms. The number of hydrogen-bond donors (Lipinski definition) is 1. The number of pyridine rings is 1. The minimum Gasteiger partial charge on any atom is -0.478 e. The summed E-state index contributed by atoms with van der Waals surface area (Å²) in [4.78, 5) is 23.7. The van der Waals surface area contributed by atoms with Crippen LogP contribution in [0.4, 0.5) is 0 Å². The number of halogens is 1. The van der Waals surface area contributed by atoms with Crippen molar-refractivity contribution >= 4 is 40.2 Å². The van der Waals surface area contributed by atoms with Crippen molar-refractivity contribution in [2.75, 3.05) is 0 Å². The fourth-order valence-electron chi connectivity index (χ4n) is 1.81. The molecule has 0 unspecified atom stereocenters. The molecule has 7 heteroatoms. The minimum atomic E-state index is -1.06. The topological polar surface area (TPSA) is 76.0 Å². The average molecular weight is 318 g/mol. The lowest BCUT2D eigenvalue weighted by molar-refractivity contribution is 0.0692. The van der Waals surface area contributed by atoms with Gasteiger partial charge in [-0.25, -0.2) is 19.7 Å². The molecule has 2 heterocycles. The molecule has 0 fully saturated rings. The highest BCUT2D eigenvalue weighted by molar-refractivity contribution is 7.99. The van der Waals surface area contributed by atoms with E-state index in [9.17, 15) is 9.90 Å². The van der Waals surface area contributed by atoms with Gasteiger partial charge in [0.05, 0.1) is 11.1 Å². The van der Waals surface area contributed by atoms with Crippen molar-refractivity contribution < 1.29 is 9.90 Å². The van der Waals surface area contributed by atoms with Gasteiger partial charge in [-0.1, -0.05) is 29.8 Å². The van der Waals surface area contributed by atoms with E-state index in [1.807, 2.05) is 24.3 Å². The van der Waals surface area contributed by atoms with E-state index in [1.165, 1.54) is 18.5 Å². The number of carboxylic acid groups (broad SMARTS) is 1. The zero-order valence-electron chi connectivity index (χ0n) is 10.5. The van der Waals surface area contributed by atoms with Gasteiger partial charge in [0.2, 0.25) is 0 Å². The summed E-state index contributed by atoms with van der Waals surface area (Å²) in [6, 6.07) is 10.4. The Hall–Kier alpha value is -2.18. The van der Waals surface area contributed by atoms with Crippen LogP contribution in [0.1, 0.15) is 10.4 Å². The summed E-state index contributed by atoms with van der Waals surface area (Å²) in [5, 5.41) is 11.2. The average Bonchev–Trinajstić information content (AvgIpc) is 2.47. The van der Waals surface area contributed by atoms with Crippen molar-refractivity contribution in [1.82, 2.24) is 15.0 Å². The van der Waals surface area contributed by atoms with Gasteiger partial charge in [-0.2, -0.15) is 0 Å². The molecule has 21 heavy (non-hydrogen) atoms. The van der Waals surface area contributed by atoms with Crippen molar-refractivity contribution in [2.45, 2.75) is 10.1 Å². The first-order valence-electron chi connectivity index (χ1n) is 5.92. The van der Waals surface area contributed by atoms with Crippen LogP contribution in [0.3, 0.4) is 0 Å². The first kappa shape index (κ1) is 13.8. The molecule has 104 valence electrons. The molecular weight excluding hydrogens is 310 g/mol. The number of nitrogens with zero attached hydrogens (tertiary/aromatic N) is 3. The second-order valence-corrected chi connectivity index (χ2v) is 5.45. The normalized spacial score (nSPS) is 10.7. The molecule has 0 aliphatic heterocycles. The van der Waals surface area contributed by atoms with E-state index in [2.05, 4.69) is 15.0 Å². The fraction of sp³-hybridized carbons (Fsp3) is 0. The lowest BCUT2D eigenvalue weighted by atomic mass is 10.2. The van der Waals surface area contributed by atoms with Crippen LogP contribution < -0.4 is 0 Å². The molecule has 0 saturated heterocycles. The molecule has 1 aromatic carbocycles. The van der Waals surface area contributed by atoms with Crippen LogP contribution in [0.5, 0.6) is 0 Å². The van der Waals surface area contributed by atoms with Crippen LogP contribution in [0, 0.1) is 0 Å². The van der Waals surface area contributed by atoms with Crippen molar-refractivity contribution in [3.63, 3.8) is 0 Å². The van der Waals surface area contributed by atoms with Crippen molar-refractivity contribution in [1.29, 1.82) is 0 Å². The zero-order chi connectivity index (χ0) is 14.8. The van der Waals surface area contributed by atoms with E-state index in [4.69, 9.17) is 11.6 Å². The van der Waals surface area contributed by atoms with Gasteiger partial charge in [0.15, 0.2) is 0 Å². The molecule has 0 radical (unpaired) electrons. The van der Waals surface area contributed by atoms with Gasteiger partial charge in [-0.05, 0) is 30.0 Å². The van der Waals surface area contributed by atoms with E-state index >= 15 is 0 Å². The summed E-state index contributed by atoms with van der Waals surface area (Å²) in [5.41, 5.74) is 0.876. The summed E-state index contributed by atoms with van der Waals surface area (Å²) in [6.07, 6.45) is 1.44. The summed E-state index contributed by atoms with van der Waals surface area (Å²) in [7, 11) is 0. The molecule has 0 amide bonds. The van der Waals surface area contributed by atoms with Crippen molar-refractivity contribution in [3.8, 4) is 0 Å². The van der Waals surface area contributed by atoms with Gasteiger partial charge >= 0.3 is 5.97 Å². The monoisotopic (exact) mass is 317 g/mol.